The largest absolute Gasteiger partial charge is 0.392 e. The fourth-order valence-electron chi connectivity index (χ4n) is 1.37. The van der Waals surface area contributed by atoms with Crippen LogP contribution in [-0.4, -0.2) is 34.7 Å². The van der Waals surface area contributed by atoms with E-state index in [1.54, 1.807) is 13.1 Å². The summed E-state index contributed by atoms with van der Waals surface area (Å²) in [5.41, 5.74) is 1.14. The zero-order valence-corrected chi connectivity index (χ0v) is 10.0. The Kier molecular flexibility index (Phi) is 4.51. The van der Waals surface area contributed by atoms with Crippen molar-refractivity contribution < 1.29 is 5.11 Å². The van der Waals surface area contributed by atoms with Gasteiger partial charge in [-0.25, -0.2) is 0 Å². The van der Waals surface area contributed by atoms with Crippen molar-refractivity contribution in [3.8, 4) is 0 Å². The predicted octanol–water partition coefficient (Wildman–Crippen LogP) is 1.66. The van der Waals surface area contributed by atoms with Crippen LogP contribution in [0.5, 0.6) is 0 Å². The van der Waals surface area contributed by atoms with Crippen molar-refractivity contribution in [1.29, 1.82) is 0 Å². The van der Waals surface area contributed by atoms with E-state index in [4.69, 9.17) is 0 Å². The van der Waals surface area contributed by atoms with Gasteiger partial charge in [-0.3, -0.25) is 9.88 Å². The van der Waals surface area contributed by atoms with E-state index < -0.39 is 0 Å². The Hall–Kier alpha value is -0.450. The lowest BCUT2D eigenvalue weighted by atomic mass is 10.2. The SMILES string of the molecule is CC(O)CN(C)Cc1cncc(Br)c1. The summed E-state index contributed by atoms with van der Waals surface area (Å²) in [6.45, 7) is 3.26. The highest BCUT2D eigenvalue weighted by molar-refractivity contribution is 9.10. The number of hydrogen-bond acceptors (Lipinski definition) is 3. The molecule has 1 unspecified atom stereocenters. The van der Waals surface area contributed by atoms with Gasteiger partial charge in [0.05, 0.1) is 6.10 Å². The smallest absolute Gasteiger partial charge is 0.0639 e. The highest BCUT2D eigenvalue weighted by Crippen LogP contribution is 2.10. The standard InChI is InChI=1S/C10H15BrN2O/c1-8(14)6-13(2)7-9-3-10(11)5-12-4-9/h3-5,8,14H,6-7H2,1-2H3. The van der Waals surface area contributed by atoms with Gasteiger partial charge in [-0.15, -0.1) is 0 Å². The topological polar surface area (TPSA) is 36.4 Å². The van der Waals surface area contributed by atoms with Crippen molar-refractivity contribution in [1.82, 2.24) is 9.88 Å². The molecule has 0 aliphatic rings. The van der Waals surface area contributed by atoms with Crippen molar-refractivity contribution in [2.45, 2.75) is 19.6 Å². The number of rotatable bonds is 4. The first-order valence-corrected chi connectivity index (χ1v) is 5.33. The molecule has 78 valence electrons. The van der Waals surface area contributed by atoms with Gasteiger partial charge >= 0.3 is 0 Å². The molecule has 1 atom stereocenters. The molecule has 14 heavy (non-hydrogen) atoms. The maximum atomic E-state index is 9.19. The second-order valence-corrected chi connectivity index (χ2v) is 4.47. The molecule has 0 radical (unpaired) electrons. The van der Waals surface area contributed by atoms with Crippen molar-refractivity contribution in [2.75, 3.05) is 13.6 Å². The molecule has 1 N–H and O–H groups in total. The number of likely N-dealkylation sites (N-methyl/N-ethyl adjacent to an activating group) is 1. The summed E-state index contributed by atoms with van der Waals surface area (Å²) < 4.78 is 0.987. The molecular weight excluding hydrogens is 244 g/mol. The number of hydrogen-bond donors (Lipinski definition) is 1. The van der Waals surface area contributed by atoms with E-state index >= 15 is 0 Å². The van der Waals surface area contributed by atoms with Crippen LogP contribution >= 0.6 is 15.9 Å². The molecule has 0 spiro atoms. The van der Waals surface area contributed by atoms with Crippen LogP contribution in [0.4, 0.5) is 0 Å². The molecule has 1 aromatic rings. The van der Waals surface area contributed by atoms with E-state index in [9.17, 15) is 5.11 Å². The van der Waals surface area contributed by atoms with Gasteiger partial charge in [-0.05, 0) is 41.5 Å². The number of halogens is 1. The summed E-state index contributed by atoms with van der Waals surface area (Å²) in [5.74, 6) is 0. The predicted molar refractivity (Wildman–Crippen MR) is 60.0 cm³/mol. The molecule has 0 aliphatic carbocycles. The lowest BCUT2D eigenvalue weighted by Crippen LogP contribution is -2.26. The van der Waals surface area contributed by atoms with Crippen molar-refractivity contribution in [3.63, 3.8) is 0 Å². The number of aliphatic hydroxyl groups is 1. The Balaban J connectivity index is 2.51. The summed E-state index contributed by atoms with van der Waals surface area (Å²) in [7, 11) is 1.98. The molecule has 3 nitrogen and oxygen atoms in total. The van der Waals surface area contributed by atoms with Crippen LogP contribution in [0.15, 0.2) is 22.9 Å². The summed E-state index contributed by atoms with van der Waals surface area (Å²) in [6, 6.07) is 2.03. The normalized spacial score (nSPS) is 13.2. The van der Waals surface area contributed by atoms with Gasteiger partial charge in [-0.1, -0.05) is 0 Å². The molecule has 4 heteroatoms. The molecule has 1 heterocycles. The highest BCUT2D eigenvalue weighted by atomic mass is 79.9. The fourth-order valence-corrected chi connectivity index (χ4v) is 1.78. The van der Waals surface area contributed by atoms with Crippen LogP contribution < -0.4 is 0 Å². The average Bonchev–Trinajstić information content (AvgIpc) is 2.01. The van der Waals surface area contributed by atoms with E-state index in [0.717, 1.165) is 16.6 Å². The zero-order valence-electron chi connectivity index (χ0n) is 8.44. The first-order chi connectivity index (χ1) is 6.58. The second-order valence-electron chi connectivity index (χ2n) is 3.56. The Labute approximate surface area is 92.9 Å². The molecule has 0 saturated carbocycles. The third-order valence-corrected chi connectivity index (χ3v) is 2.22. The Morgan fingerprint density at radius 3 is 2.86 bits per heavy atom. The molecule has 0 saturated heterocycles. The lowest BCUT2D eigenvalue weighted by molar-refractivity contribution is 0.138. The van der Waals surface area contributed by atoms with Gasteiger partial charge in [0.25, 0.3) is 0 Å². The average molecular weight is 259 g/mol. The van der Waals surface area contributed by atoms with E-state index in [2.05, 4.69) is 25.8 Å². The monoisotopic (exact) mass is 258 g/mol. The Morgan fingerprint density at radius 2 is 2.29 bits per heavy atom. The third-order valence-electron chi connectivity index (χ3n) is 1.79. The van der Waals surface area contributed by atoms with Crippen molar-refractivity contribution in [3.05, 3.63) is 28.5 Å². The van der Waals surface area contributed by atoms with Crippen molar-refractivity contribution in [2.24, 2.45) is 0 Å². The van der Waals surface area contributed by atoms with Crippen molar-refractivity contribution >= 4 is 15.9 Å². The minimum Gasteiger partial charge on any atom is -0.392 e. The van der Waals surface area contributed by atoms with E-state index in [1.165, 1.54) is 0 Å². The molecule has 0 fully saturated rings. The van der Waals surface area contributed by atoms with Gasteiger partial charge in [-0.2, -0.15) is 0 Å². The van der Waals surface area contributed by atoms with Crippen LogP contribution in [0.25, 0.3) is 0 Å². The van der Waals surface area contributed by atoms with Gasteiger partial charge in [0.1, 0.15) is 0 Å². The van der Waals surface area contributed by atoms with Gasteiger partial charge in [0.15, 0.2) is 0 Å². The maximum absolute atomic E-state index is 9.19. The van der Waals surface area contributed by atoms with Gasteiger partial charge in [0, 0.05) is 30.0 Å². The first-order valence-electron chi connectivity index (χ1n) is 4.54. The number of aromatic nitrogens is 1. The molecule has 1 aromatic heterocycles. The zero-order chi connectivity index (χ0) is 10.6. The fraction of sp³-hybridized carbons (Fsp3) is 0.500. The van der Waals surface area contributed by atoms with Gasteiger partial charge < -0.3 is 5.11 Å². The van der Waals surface area contributed by atoms with Crippen LogP contribution in [0.2, 0.25) is 0 Å². The summed E-state index contributed by atoms with van der Waals surface area (Å²) in [5, 5.41) is 9.19. The summed E-state index contributed by atoms with van der Waals surface area (Å²) in [4.78, 5) is 6.14. The number of nitrogens with zero attached hydrogens (tertiary/aromatic N) is 2. The maximum Gasteiger partial charge on any atom is 0.0639 e. The minimum absolute atomic E-state index is 0.292. The molecule has 0 aliphatic heterocycles. The van der Waals surface area contributed by atoms with E-state index in [0.29, 0.717) is 6.54 Å². The van der Waals surface area contributed by atoms with E-state index in [-0.39, 0.29) is 6.10 Å². The minimum atomic E-state index is -0.292. The second kappa shape index (κ2) is 5.44. The van der Waals surface area contributed by atoms with Crippen LogP contribution in [0, 0.1) is 0 Å². The summed E-state index contributed by atoms with van der Waals surface area (Å²) in [6.07, 6.45) is 3.31. The van der Waals surface area contributed by atoms with Crippen LogP contribution in [0.1, 0.15) is 12.5 Å². The Bertz CT molecular complexity index is 291. The Morgan fingerprint density at radius 1 is 1.57 bits per heavy atom. The highest BCUT2D eigenvalue weighted by Gasteiger charge is 2.04. The van der Waals surface area contributed by atoms with E-state index in [1.807, 2.05) is 19.3 Å². The first kappa shape index (κ1) is 11.6. The number of aliphatic hydroxyl groups excluding tert-OH is 1. The molecule has 0 amide bonds. The lowest BCUT2D eigenvalue weighted by Gasteiger charge is -2.17. The van der Waals surface area contributed by atoms with Crippen LogP contribution in [0.3, 0.4) is 0 Å². The van der Waals surface area contributed by atoms with Gasteiger partial charge in [0.2, 0.25) is 0 Å². The number of pyridine rings is 1. The summed E-state index contributed by atoms with van der Waals surface area (Å²) >= 11 is 3.37. The molecule has 0 bridgehead atoms. The molecule has 1 rings (SSSR count). The quantitative estimate of drug-likeness (QED) is 0.893. The van der Waals surface area contributed by atoms with Crippen LogP contribution in [-0.2, 0) is 6.54 Å². The molecule has 0 aromatic carbocycles. The third kappa shape index (κ3) is 4.17. The molecular formula is C10H15BrN2O.